The average Bonchev–Trinajstić information content (AvgIpc) is 3.30. The molecule has 0 aliphatic carbocycles. The molecule has 0 spiro atoms. The SMILES string of the molecule is CCCCOCCOCCC(C=O)(CCOCCOCCCC)Cc1ccc2c(c1)OCO2. The number of carbonyl (C=O) groups excluding carboxylic acids is 1. The second-order valence-corrected chi connectivity index (χ2v) is 8.50. The zero-order chi connectivity index (χ0) is 23.6. The van der Waals surface area contributed by atoms with Crippen LogP contribution >= 0.6 is 0 Å². The van der Waals surface area contributed by atoms with E-state index in [4.69, 9.17) is 28.4 Å². The van der Waals surface area contributed by atoms with Gasteiger partial charge in [0.05, 0.1) is 26.4 Å². The van der Waals surface area contributed by atoms with Gasteiger partial charge in [0, 0.05) is 31.8 Å². The van der Waals surface area contributed by atoms with Gasteiger partial charge in [0.1, 0.15) is 6.29 Å². The molecule has 0 amide bonds. The molecule has 0 saturated carbocycles. The van der Waals surface area contributed by atoms with E-state index in [2.05, 4.69) is 13.8 Å². The lowest BCUT2D eigenvalue weighted by atomic mass is 9.77. The van der Waals surface area contributed by atoms with Crippen molar-refractivity contribution in [2.75, 3.05) is 59.6 Å². The van der Waals surface area contributed by atoms with E-state index in [1.54, 1.807) is 0 Å². The largest absolute Gasteiger partial charge is 0.454 e. The summed E-state index contributed by atoms with van der Waals surface area (Å²) in [6.45, 7) is 9.28. The van der Waals surface area contributed by atoms with Crippen molar-refractivity contribution < 1.29 is 33.2 Å². The highest BCUT2D eigenvalue weighted by atomic mass is 16.7. The van der Waals surface area contributed by atoms with Crippen LogP contribution in [0, 0.1) is 5.41 Å². The summed E-state index contributed by atoms with van der Waals surface area (Å²) in [4.78, 5) is 12.3. The maximum absolute atomic E-state index is 12.3. The predicted octanol–water partition coefficient (Wildman–Crippen LogP) is 4.59. The van der Waals surface area contributed by atoms with E-state index in [9.17, 15) is 4.79 Å². The third kappa shape index (κ3) is 10.9. The Morgan fingerprint density at radius 3 is 1.88 bits per heavy atom. The Morgan fingerprint density at radius 1 is 0.788 bits per heavy atom. The zero-order valence-corrected chi connectivity index (χ0v) is 20.5. The minimum atomic E-state index is -0.570. The molecule has 0 N–H and O–H groups in total. The van der Waals surface area contributed by atoms with Crippen molar-refractivity contribution in [3.63, 3.8) is 0 Å². The van der Waals surface area contributed by atoms with Gasteiger partial charge in [0.25, 0.3) is 0 Å². The normalized spacial score (nSPS) is 12.9. The Bertz CT molecular complexity index is 630. The fraction of sp³-hybridized carbons (Fsp3) is 0.731. The van der Waals surface area contributed by atoms with Crippen molar-refractivity contribution in [3.05, 3.63) is 23.8 Å². The molecule has 0 unspecified atom stereocenters. The van der Waals surface area contributed by atoms with Crippen LogP contribution in [0.4, 0.5) is 0 Å². The second-order valence-electron chi connectivity index (χ2n) is 8.50. The lowest BCUT2D eigenvalue weighted by Gasteiger charge is -2.28. The number of carbonyl (C=O) groups is 1. The van der Waals surface area contributed by atoms with Gasteiger partial charge in [-0.2, -0.15) is 0 Å². The summed E-state index contributed by atoms with van der Waals surface area (Å²) in [6.07, 6.45) is 7.28. The van der Waals surface area contributed by atoms with Gasteiger partial charge >= 0.3 is 0 Å². The number of aldehydes is 1. The topological polar surface area (TPSA) is 72.5 Å². The van der Waals surface area contributed by atoms with E-state index in [0.717, 1.165) is 62.2 Å². The number of hydrogen-bond donors (Lipinski definition) is 0. The quantitative estimate of drug-likeness (QED) is 0.194. The highest BCUT2D eigenvalue weighted by Gasteiger charge is 2.30. The van der Waals surface area contributed by atoms with E-state index in [1.807, 2.05) is 18.2 Å². The molecule has 0 bridgehead atoms. The van der Waals surface area contributed by atoms with Crippen molar-refractivity contribution >= 4 is 6.29 Å². The number of hydrogen-bond acceptors (Lipinski definition) is 7. The molecule has 1 aromatic carbocycles. The van der Waals surface area contributed by atoms with Crippen LogP contribution in [-0.4, -0.2) is 65.9 Å². The molecule has 0 aromatic heterocycles. The molecule has 0 atom stereocenters. The van der Waals surface area contributed by atoms with E-state index < -0.39 is 5.41 Å². The lowest BCUT2D eigenvalue weighted by molar-refractivity contribution is -0.118. The Morgan fingerprint density at radius 2 is 1.33 bits per heavy atom. The van der Waals surface area contributed by atoms with E-state index in [1.165, 1.54) is 0 Å². The standard InChI is InChI=1S/C26H42O7/c1-3-5-11-28-15-17-30-13-9-26(21-27,10-14-31-18-16-29-12-6-4-2)20-23-7-8-24-25(19-23)33-22-32-24/h7-8,19,21H,3-6,9-18,20,22H2,1-2H3. The van der Waals surface area contributed by atoms with Crippen molar-refractivity contribution in [1.82, 2.24) is 0 Å². The number of ether oxygens (including phenoxy) is 6. The molecule has 1 aliphatic rings. The third-order valence-electron chi connectivity index (χ3n) is 5.76. The smallest absolute Gasteiger partial charge is 0.231 e. The van der Waals surface area contributed by atoms with Crippen LogP contribution in [0.2, 0.25) is 0 Å². The first kappa shape index (κ1) is 27.6. The molecule has 0 radical (unpaired) electrons. The van der Waals surface area contributed by atoms with E-state index in [-0.39, 0.29) is 6.79 Å². The minimum absolute atomic E-state index is 0.236. The Labute approximate surface area is 199 Å². The monoisotopic (exact) mass is 466 g/mol. The van der Waals surface area contributed by atoms with Crippen molar-refractivity contribution in [2.24, 2.45) is 5.41 Å². The number of fused-ring (bicyclic) bond motifs is 1. The van der Waals surface area contributed by atoms with Gasteiger partial charge in [-0.25, -0.2) is 0 Å². The molecule has 2 rings (SSSR count). The summed E-state index contributed by atoms with van der Waals surface area (Å²) in [5, 5.41) is 0. The third-order valence-corrected chi connectivity index (χ3v) is 5.76. The van der Waals surface area contributed by atoms with Crippen LogP contribution in [0.3, 0.4) is 0 Å². The molecule has 1 aliphatic heterocycles. The highest BCUT2D eigenvalue weighted by molar-refractivity contribution is 5.60. The lowest BCUT2D eigenvalue weighted by Crippen LogP contribution is -2.30. The van der Waals surface area contributed by atoms with Crippen LogP contribution in [0.1, 0.15) is 57.9 Å². The van der Waals surface area contributed by atoms with Crippen molar-refractivity contribution in [1.29, 1.82) is 0 Å². The second kappa shape index (κ2) is 16.9. The fourth-order valence-electron chi connectivity index (χ4n) is 3.61. The molecule has 1 aromatic rings. The first-order valence-corrected chi connectivity index (χ1v) is 12.4. The summed E-state index contributed by atoms with van der Waals surface area (Å²) in [5.41, 5.74) is 0.469. The first-order valence-electron chi connectivity index (χ1n) is 12.4. The van der Waals surface area contributed by atoms with Gasteiger partial charge in [0.2, 0.25) is 6.79 Å². The van der Waals surface area contributed by atoms with Gasteiger partial charge in [0.15, 0.2) is 11.5 Å². The van der Waals surface area contributed by atoms with E-state index >= 15 is 0 Å². The van der Waals surface area contributed by atoms with Gasteiger partial charge in [-0.3, -0.25) is 0 Å². The highest BCUT2D eigenvalue weighted by Crippen LogP contribution is 2.36. The van der Waals surface area contributed by atoms with Crippen LogP contribution < -0.4 is 9.47 Å². The van der Waals surface area contributed by atoms with Crippen molar-refractivity contribution in [2.45, 2.75) is 58.8 Å². The van der Waals surface area contributed by atoms with Crippen LogP contribution in [0.15, 0.2) is 18.2 Å². The molecule has 0 saturated heterocycles. The summed E-state index contributed by atoms with van der Waals surface area (Å²) < 4.78 is 33.6. The average molecular weight is 467 g/mol. The number of unbranched alkanes of at least 4 members (excludes halogenated alkanes) is 2. The molecule has 0 fully saturated rings. The van der Waals surface area contributed by atoms with Crippen molar-refractivity contribution in [3.8, 4) is 11.5 Å². The van der Waals surface area contributed by atoms with Crippen LogP contribution in [0.25, 0.3) is 0 Å². The first-order chi connectivity index (χ1) is 16.2. The maximum atomic E-state index is 12.3. The number of benzene rings is 1. The minimum Gasteiger partial charge on any atom is -0.454 e. The molecular weight excluding hydrogens is 424 g/mol. The van der Waals surface area contributed by atoms with Gasteiger partial charge < -0.3 is 33.2 Å². The Balaban J connectivity index is 1.83. The summed E-state index contributed by atoms with van der Waals surface area (Å²) >= 11 is 0. The summed E-state index contributed by atoms with van der Waals surface area (Å²) in [5.74, 6) is 1.47. The molecule has 1 heterocycles. The molecule has 7 heteroatoms. The van der Waals surface area contributed by atoms with Gasteiger partial charge in [-0.15, -0.1) is 0 Å². The van der Waals surface area contributed by atoms with Gasteiger partial charge in [-0.05, 0) is 49.8 Å². The summed E-state index contributed by atoms with van der Waals surface area (Å²) in [7, 11) is 0. The number of rotatable bonds is 21. The molecule has 7 nitrogen and oxygen atoms in total. The zero-order valence-electron chi connectivity index (χ0n) is 20.5. The Hall–Kier alpha value is -1.67. The van der Waals surface area contributed by atoms with Crippen LogP contribution in [0.5, 0.6) is 11.5 Å². The van der Waals surface area contributed by atoms with Crippen LogP contribution in [-0.2, 0) is 30.2 Å². The molecule has 188 valence electrons. The van der Waals surface area contributed by atoms with E-state index in [0.29, 0.717) is 58.9 Å². The Kier molecular flexibility index (Phi) is 14.1. The van der Waals surface area contributed by atoms with Gasteiger partial charge in [-0.1, -0.05) is 32.8 Å². The molecule has 33 heavy (non-hydrogen) atoms. The summed E-state index contributed by atoms with van der Waals surface area (Å²) in [6, 6.07) is 5.86. The molecular formula is C26H42O7. The maximum Gasteiger partial charge on any atom is 0.231 e. The predicted molar refractivity (Wildman–Crippen MR) is 127 cm³/mol. The fourth-order valence-corrected chi connectivity index (χ4v) is 3.61.